The summed E-state index contributed by atoms with van der Waals surface area (Å²) >= 11 is 0. The Kier molecular flexibility index (Phi) is 5.41. The van der Waals surface area contributed by atoms with Gasteiger partial charge in [-0.15, -0.1) is 0 Å². The highest BCUT2D eigenvalue weighted by molar-refractivity contribution is 5.80. The lowest BCUT2D eigenvalue weighted by Crippen LogP contribution is -2.45. The lowest BCUT2D eigenvalue weighted by Gasteiger charge is -2.24. The average Bonchev–Trinajstić information content (AvgIpc) is 3.02. The molecule has 1 fully saturated rings. The minimum Gasteiger partial charge on any atom is -0.465 e. The Morgan fingerprint density at radius 1 is 1.41 bits per heavy atom. The number of likely N-dealkylation sites (N-methyl/N-ethyl adjacent to an activating group) is 1. The zero-order valence-corrected chi connectivity index (χ0v) is 10.9. The molecule has 1 N–H and O–H groups in total. The first-order valence-corrected chi connectivity index (χ1v) is 6.24. The van der Waals surface area contributed by atoms with Gasteiger partial charge >= 0.3 is 5.97 Å². The van der Waals surface area contributed by atoms with E-state index in [1.165, 1.54) is 0 Å². The van der Waals surface area contributed by atoms with Crippen LogP contribution in [0.1, 0.15) is 33.1 Å². The third-order valence-electron chi connectivity index (χ3n) is 2.81. The van der Waals surface area contributed by atoms with Gasteiger partial charge in [-0.1, -0.05) is 6.92 Å². The van der Waals surface area contributed by atoms with Crippen molar-refractivity contribution in [1.29, 1.82) is 0 Å². The molecule has 17 heavy (non-hydrogen) atoms. The zero-order valence-electron chi connectivity index (χ0n) is 10.9. The van der Waals surface area contributed by atoms with E-state index in [1.54, 1.807) is 18.9 Å². The van der Waals surface area contributed by atoms with Gasteiger partial charge in [0.1, 0.15) is 6.04 Å². The number of amides is 1. The van der Waals surface area contributed by atoms with Crippen molar-refractivity contribution in [3.63, 3.8) is 0 Å². The van der Waals surface area contributed by atoms with E-state index in [1.807, 2.05) is 6.92 Å². The molecule has 1 unspecified atom stereocenters. The maximum Gasteiger partial charge on any atom is 0.323 e. The first kappa shape index (κ1) is 14.0. The van der Waals surface area contributed by atoms with Gasteiger partial charge in [-0.3, -0.25) is 14.5 Å². The van der Waals surface area contributed by atoms with Crippen molar-refractivity contribution in [2.24, 2.45) is 0 Å². The smallest absolute Gasteiger partial charge is 0.323 e. The SMILES string of the molecule is CCOC(=O)C(CC)N(C)CC(=O)NC1CC1. The molecule has 1 aliphatic rings. The molecule has 0 aromatic rings. The molecular weight excluding hydrogens is 220 g/mol. The summed E-state index contributed by atoms with van der Waals surface area (Å²) in [5.74, 6) is -0.269. The number of carbonyl (C=O) groups excluding carboxylic acids is 2. The van der Waals surface area contributed by atoms with Crippen LogP contribution in [0.2, 0.25) is 0 Å². The van der Waals surface area contributed by atoms with Crippen LogP contribution in [0, 0.1) is 0 Å². The van der Waals surface area contributed by atoms with Crippen molar-refractivity contribution in [3.05, 3.63) is 0 Å². The van der Waals surface area contributed by atoms with Crippen LogP contribution in [-0.4, -0.2) is 49.1 Å². The van der Waals surface area contributed by atoms with E-state index in [0.717, 1.165) is 12.8 Å². The summed E-state index contributed by atoms with van der Waals surface area (Å²) in [6, 6.07) is 0.0264. The monoisotopic (exact) mass is 242 g/mol. The first-order chi connectivity index (χ1) is 8.08. The van der Waals surface area contributed by atoms with Gasteiger partial charge in [-0.2, -0.15) is 0 Å². The number of nitrogens with one attached hydrogen (secondary N) is 1. The number of rotatable bonds is 7. The van der Waals surface area contributed by atoms with Crippen LogP contribution in [0.3, 0.4) is 0 Å². The van der Waals surface area contributed by atoms with Gasteiger partial charge < -0.3 is 10.1 Å². The molecule has 0 heterocycles. The fourth-order valence-corrected chi connectivity index (χ4v) is 1.73. The summed E-state index contributed by atoms with van der Waals surface area (Å²) in [5, 5.41) is 2.90. The Labute approximate surface area is 102 Å². The Hall–Kier alpha value is -1.10. The molecule has 0 bridgehead atoms. The van der Waals surface area contributed by atoms with Crippen LogP contribution in [-0.2, 0) is 14.3 Å². The van der Waals surface area contributed by atoms with Crippen molar-refractivity contribution in [2.75, 3.05) is 20.2 Å². The van der Waals surface area contributed by atoms with E-state index >= 15 is 0 Å². The summed E-state index contributed by atoms with van der Waals surface area (Å²) in [7, 11) is 1.78. The Morgan fingerprint density at radius 2 is 2.06 bits per heavy atom. The van der Waals surface area contributed by atoms with Crippen molar-refractivity contribution >= 4 is 11.9 Å². The van der Waals surface area contributed by atoms with Gasteiger partial charge in [0.2, 0.25) is 5.91 Å². The second-order valence-electron chi connectivity index (χ2n) is 4.43. The third kappa shape index (κ3) is 4.73. The summed E-state index contributed by atoms with van der Waals surface area (Å²) < 4.78 is 4.98. The van der Waals surface area contributed by atoms with Gasteiger partial charge in [-0.25, -0.2) is 0 Å². The van der Waals surface area contributed by atoms with Crippen molar-refractivity contribution in [2.45, 2.75) is 45.2 Å². The van der Waals surface area contributed by atoms with Crippen molar-refractivity contribution < 1.29 is 14.3 Å². The van der Waals surface area contributed by atoms with Gasteiger partial charge in [0.15, 0.2) is 0 Å². The fraction of sp³-hybridized carbons (Fsp3) is 0.833. The maximum atomic E-state index is 11.6. The third-order valence-corrected chi connectivity index (χ3v) is 2.81. The topological polar surface area (TPSA) is 58.6 Å². The lowest BCUT2D eigenvalue weighted by molar-refractivity contribution is -0.149. The van der Waals surface area contributed by atoms with Crippen LogP contribution < -0.4 is 5.32 Å². The highest BCUT2D eigenvalue weighted by Gasteiger charge is 2.27. The molecule has 98 valence electrons. The van der Waals surface area contributed by atoms with E-state index in [-0.39, 0.29) is 24.5 Å². The van der Waals surface area contributed by atoms with E-state index in [4.69, 9.17) is 4.74 Å². The van der Waals surface area contributed by atoms with E-state index in [0.29, 0.717) is 19.1 Å². The molecule has 1 rings (SSSR count). The molecule has 0 saturated heterocycles. The first-order valence-electron chi connectivity index (χ1n) is 6.24. The predicted molar refractivity (Wildman–Crippen MR) is 64.5 cm³/mol. The lowest BCUT2D eigenvalue weighted by atomic mass is 10.2. The molecule has 0 aliphatic heterocycles. The number of esters is 1. The molecule has 0 spiro atoms. The summed E-state index contributed by atoms with van der Waals surface area (Å²) in [6.45, 7) is 4.31. The summed E-state index contributed by atoms with van der Waals surface area (Å²) in [6.07, 6.45) is 2.79. The molecule has 1 aliphatic carbocycles. The van der Waals surface area contributed by atoms with E-state index in [2.05, 4.69) is 5.32 Å². The largest absolute Gasteiger partial charge is 0.465 e. The summed E-state index contributed by atoms with van der Waals surface area (Å²) in [4.78, 5) is 25.0. The Bertz CT molecular complexity index is 277. The number of ether oxygens (including phenoxy) is 1. The van der Waals surface area contributed by atoms with Crippen LogP contribution in [0.25, 0.3) is 0 Å². The molecule has 5 heteroatoms. The fourth-order valence-electron chi connectivity index (χ4n) is 1.73. The van der Waals surface area contributed by atoms with Gasteiger partial charge in [-0.05, 0) is 33.2 Å². The van der Waals surface area contributed by atoms with Crippen LogP contribution >= 0.6 is 0 Å². The second-order valence-corrected chi connectivity index (χ2v) is 4.43. The average molecular weight is 242 g/mol. The van der Waals surface area contributed by atoms with Crippen molar-refractivity contribution in [1.82, 2.24) is 10.2 Å². The van der Waals surface area contributed by atoms with Gasteiger partial charge in [0.05, 0.1) is 13.2 Å². The summed E-state index contributed by atoms with van der Waals surface area (Å²) in [5.41, 5.74) is 0. The second kappa shape index (κ2) is 6.59. The highest BCUT2D eigenvalue weighted by atomic mass is 16.5. The number of nitrogens with zero attached hydrogens (tertiary/aromatic N) is 1. The predicted octanol–water partition coefficient (Wildman–Crippen LogP) is 0.539. The van der Waals surface area contributed by atoms with Crippen LogP contribution in [0.4, 0.5) is 0 Å². The van der Waals surface area contributed by atoms with Gasteiger partial charge in [0.25, 0.3) is 0 Å². The molecule has 1 saturated carbocycles. The molecule has 0 radical (unpaired) electrons. The quantitative estimate of drug-likeness (QED) is 0.662. The molecule has 5 nitrogen and oxygen atoms in total. The molecule has 1 atom stereocenters. The number of hydrogen-bond donors (Lipinski definition) is 1. The zero-order chi connectivity index (χ0) is 12.8. The van der Waals surface area contributed by atoms with Crippen LogP contribution in [0.15, 0.2) is 0 Å². The Morgan fingerprint density at radius 3 is 2.53 bits per heavy atom. The molecule has 0 aromatic heterocycles. The minimum atomic E-state index is -0.333. The normalized spacial score (nSPS) is 16.7. The Balaban J connectivity index is 2.38. The molecule has 1 amide bonds. The highest BCUT2D eigenvalue weighted by Crippen LogP contribution is 2.18. The minimum absolute atomic E-state index is 0.0160. The molecular formula is C12H22N2O3. The van der Waals surface area contributed by atoms with E-state index in [9.17, 15) is 9.59 Å². The molecule has 0 aromatic carbocycles. The van der Waals surface area contributed by atoms with Crippen molar-refractivity contribution in [3.8, 4) is 0 Å². The number of carbonyl (C=O) groups is 2. The number of hydrogen-bond acceptors (Lipinski definition) is 4. The van der Waals surface area contributed by atoms with Gasteiger partial charge in [0, 0.05) is 6.04 Å². The van der Waals surface area contributed by atoms with E-state index < -0.39 is 0 Å². The standard InChI is InChI=1S/C12H22N2O3/c1-4-10(12(16)17-5-2)14(3)8-11(15)13-9-6-7-9/h9-10H,4-8H2,1-3H3,(H,13,15). The van der Waals surface area contributed by atoms with Crippen LogP contribution in [0.5, 0.6) is 0 Å². The maximum absolute atomic E-state index is 11.6.